The third-order valence-electron chi connectivity index (χ3n) is 8.18. The summed E-state index contributed by atoms with van der Waals surface area (Å²) in [5.74, 6) is 0.359. The average Bonchev–Trinajstić information content (AvgIpc) is 3.60. The van der Waals surface area contributed by atoms with Crippen LogP contribution in [0.25, 0.3) is 22.2 Å². The van der Waals surface area contributed by atoms with Crippen LogP contribution in [0.5, 0.6) is 0 Å². The second kappa shape index (κ2) is 13.6. The molecule has 1 saturated heterocycles. The molecule has 10 nitrogen and oxygen atoms in total. The number of nitrogens with one attached hydrogen (secondary N) is 3. The number of carbonyl (C=O) groups excluding carboxylic acids is 1. The summed E-state index contributed by atoms with van der Waals surface area (Å²) in [5.41, 5.74) is 3.16. The molecule has 1 aliphatic heterocycles. The van der Waals surface area contributed by atoms with Crippen molar-refractivity contribution in [2.75, 3.05) is 32.7 Å². The second-order valence-corrected chi connectivity index (χ2v) is 14.2. The molecule has 0 spiro atoms. The molecular formula is C32H42FN7O3S. The predicted octanol–water partition coefficient (Wildman–Crippen LogP) is 4.77. The van der Waals surface area contributed by atoms with Crippen LogP contribution < -0.4 is 10.0 Å². The topological polar surface area (TPSA) is 125 Å². The highest BCUT2D eigenvalue weighted by atomic mass is 32.2. The lowest BCUT2D eigenvalue weighted by Crippen LogP contribution is -2.40. The minimum atomic E-state index is -3.55. The van der Waals surface area contributed by atoms with Crippen LogP contribution in [0.4, 0.5) is 4.39 Å². The summed E-state index contributed by atoms with van der Waals surface area (Å²) in [6.45, 7) is 12.1. The zero-order chi connectivity index (χ0) is 31.4. The maximum atomic E-state index is 14.2. The number of aromatic nitrogens is 4. The third kappa shape index (κ3) is 7.54. The maximum Gasteiger partial charge on any atom is 0.268 e. The number of amides is 1. The Morgan fingerprint density at radius 2 is 1.82 bits per heavy atom. The van der Waals surface area contributed by atoms with E-state index in [9.17, 15) is 17.6 Å². The first-order valence-electron chi connectivity index (χ1n) is 15.3. The lowest BCUT2D eigenvalue weighted by molar-refractivity contribution is 0.0945. The lowest BCUT2D eigenvalue weighted by Gasteiger charge is -2.31. The standard InChI is InChI=1S/C32H42FN7O3S/c1-21(2)18-34-32(41)31-30(27-17-25(33)7-10-28(27)36-31)29-20-40(38-37-29)19-23-11-14-39(15-12-23)16-13-35-44(42,43)26-8-5-24(6-9-26)22(3)4/h5-10,17,20-23,35-36H,11-16,18-19H2,1-4H3,(H,34,41). The van der Waals surface area contributed by atoms with E-state index in [0.29, 0.717) is 65.9 Å². The SMILES string of the molecule is CC(C)CNC(=O)c1[nH]c2ccc(F)cc2c1-c1cn(CC2CCN(CCNS(=O)(=O)c3ccc(C(C)C)cc3)CC2)nn1. The molecule has 2 aromatic carbocycles. The van der Waals surface area contributed by atoms with Gasteiger partial charge in [-0.2, -0.15) is 0 Å². The minimum Gasteiger partial charge on any atom is -0.350 e. The van der Waals surface area contributed by atoms with E-state index in [1.54, 1.807) is 22.9 Å². The number of halogens is 1. The number of hydrogen-bond donors (Lipinski definition) is 3. The van der Waals surface area contributed by atoms with E-state index < -0.39 is 10.0 Å². The number of rotatable bonds is 12. The molecule has 0 atom stereocenters. The fourth-order valence-electron chi connectivity index (χ4n) is 5.60. The van der Waals surface area contributed by atoms with Crippen molar-refractivity contribution in [3.05, 3.63) is 65.7 Å². The van der Waals surface area contributed by atoms with Gasteiger partial charge in [0, 0.05) is 42.6 Å². The minimum absolute atomic E-state index is 0.265. The molecule has 0 saturated carbocycles. The number of benzene rings is 2. The molecule has 0 aliphatic carbocycles. The predicted molar refractivity (Wildman–Crippen MR) is 169 cm³/mol. The number of nitrogens with zero attached hydrogens (tertiary/aromatic N) is 4. The Balaban J connectivity index is 1.16. The second-order valence-electron chi connectivity index (χ2n) is 12.4. The molecule has 236 valence electrons. The quantitative estimate of drug-likeness (QED) is 0.209. The first kappa shape index (κ1) is 31.8. The van der Waals surface area contributed by atoms with E-state index in [2.05, 4.69) is 44.1 Å². The summed E-state index contributed by atoms with van der Waals surface area (Å²) in [6.07, 6.45) is 3.71. The van der Waals surface area contributed by atoms with Crippen molar-refractivity contribution in [1.82, 2.24) is 34.9 Å². The van der Waals surface area contributed by atoms with Crippen molar-refractivity contribution in [2.24, 2.45) is 11.8 Å². The average molecular weight is 624 g/mol. The first-order chi connectivity index (χ1) is 21.0. The van der Waals surface area contributed by atoms with Crippen molar-refractivity contribution < 1.29 is 17.6 Å². The zero-order valence-electron chi connectivity index (χ0n) is 25.8. The number of H-pyrrole nitrogens is 1. The van der Waals surface area contributed by atoms with Gasteiger partial charge in [0.1, 0.15) is 17.2 Å². The molecule has 3 heterocycles. The Morgan fingerprint density at radius 3 is 2.50 bits per heavy atom. The summed E-state index contributed by atoms with van der Waals surface area (Å²) in [4.78, 5) is 18.8. The van der Waals surface area contributed by atoms with E-state index in [4.69, 9.17) is 0 Å². The molecule has 0 bridgehead atoms. The molecular weight excluding hydrogens is 581 g/mol. The number of aromatic amines is 1. The molecule has 2 aromatic heterocycles. The van der Waals surface area contributed by atoms with Crippen LogP contribution in [0, 0.1) is 17.7 Å². The van der Waals surface area contributed by atoms with Crippen LogP contribution in [0.1, 0.15) is 62.5 Å². The van der Waals surface area contributed by atoms with Gasteiger partial charge in [0.05, 0.1) is 11.1 Å². The lowest BCUT2D eigenvalue weighted by atomic mass is 9.97. The van der Waals surface area contributed by atoms with E-state index in [1.165, 1.54) is 12.1 Å². The number of sulfonamides is 1. The fourth-order valence-corrected chi connectivity index (χ4v) is 6.62. The molecule has 44 heavy (non-hydrogen) atoms. The van der Waals surface area contributed by atoms with Crippen LogP contribution in [0.3, 0.4) is 0 Å². The molecule has 3 N–H and O–H groups in total. The van der Waals surface area contributed by atoms with Crippen LogP contribution in [0.2, 0.25) is 0 Å². The van der Waals surface area contributed by atoms with Crippen LogP contribution in [-0.2, 0) is 16.6 Å². The first-order valence-corrected chi connectivity index (χ1v) is 16.8. The highest BCUT2D eigenvalue weighted by molar-refractivity contribution is 7.89. The Bertz CT molecular complexity index is 1690. The van der Waals surface area contributed by atoms with Crippen molar-refractivity contribution in [3.8, 4) is 11.3 Å². The van der Waals surface area contributed by atoms with E-state index in [-0.39, 0.29) is 22.5 Å². The fraction of sp³-hybridized carbons (Fsp3) is 0.469. The van der Waals surface area contributed by atoms with Crippen LogP contribution in [0.15, 0.2) is 53.6 Å². The highest BCUT2D eigenvalue weighted by Gasteiger charge is 2.24. The summed E-state index contributed by atoms with van der Waals surface area (Å²) in [7, 11) is -3.55. The van der Waals surface area contributed by atoms with Gasteiger partial charge >= 0.3 is 0 Å². The Kier molecular flexibility index (Phi) is 9.81. The van der Waals surface area contributed by atoms with Gasteiger partial charge in [0.15, 0.2) is 0 Å². The Hall–Kier alpha value is -3.61. The Morgan fingerprint density at radius 1 is 1.09 bits per heavy atom. The monoisotopic (exact) mass is 623 g/mol. The summed E-state index contributed by atoms with van der Waals surface area (Å²) >= 11 is 0. The number of piperidine rings is 1. The molecule has 1 amide bonds. The van der Waals surface area contributed by atoms with Crippen molar-refractivity contribution in [1.29, 1.82) is 0 Å². The van der Waals surface area contributed by atoms with Gasteiger partial charge < -0.3 is 15.2 Å². The van der Waals surface area contributed by atoms with Gasteiger partial charge in [0.2, 0.25) is 10.0 Å². The van der Waals surface area contributed by atoms with Gasteiger partial charge in [-0.1, -0.05) is 45.0 Å². The number of likely N-dealkylation sites (tertiary alicyclic amines) is 1. The van der Waals surface area contributed by atoms with Crippen LogP contribution in [-0.4, -0.2) is 71.9 Å². The van der Waals surface area contributed by atoms with Gasteiger partial charge in [-0.15, -0.1) is 5.10 Å². The normalized spacial score (nSPS) is 15.1. The highest BCUT2D eigenvalue weighted by Crippen LogP contribution is 2.32. The van der Waals surface area contributed by atoms with Gasteiger partial charge in [-0.3, -0.25) is 9.48 Å². The maximum absolute atomic E-state index is 14.2. The van der Waals surface area contributed by atoms with Gasteiger partial charge in [-0.25, -0.2) is 17.5 Å². The van der Waals surface area contributed by atoms with E-state index in [1.807, 2.05) is 32.2 Å². The summed E-state index contributed by atoms with van der Waals surface area (Å²) in [5, 5.41) is 12.2. The molecule has 12 heteroatoms. The number of fused-ring (bicyclic) bond motifs is 1. The largest absolute Gasteiger partial charge is 0.350 e. The molecule has 1 aliphatic rings. The number of carbonyl (C=O) groups is 1. The van der Waals surface area contributed by atoms with Crippen LogP contribution >= 0.6 is 0 Å². The third-order valence-corrected chi connectivity index (χ3v) is 9.66. The summed E-state index contributed by atoms with van der Waals surface area (Å²) < 4.78 is 44.2. The van der Waals surface area contributed by atoms with E-state index >= 15 is 0 Å². The van der Waals surface area contributed by atoms with Gasteiger partial charge in [-0.05, 0) is 79.6 Å². The van der Waals surface area contributed by atoms with Crippen molar-refractivity contribution in [2.45, 2.75) is 57.9 Å². The Labute approximate surface area is 258 Å². The van der Waals surface area contributed by atoms with Crippen molar-refractivity contribution >= 4 is 26.8 Å². The summed E-state index contributed by atoms with van der Waals surface area (Å²) in [6, 6.07) is 11.5. The van der Waals surface area contributed by atoms with Gasteiger partial charge in [0.25, 0.3) is 5.91 Å². The number of hydrogen-bond acceptors (Lipinski definition) is 6. The molecule has 0 unspecified atom stereocenters. The van der Waals surface area contributed by atoms with E-state index in [0.717, 1.165) is 31.5 Å². The van der Waals surface area contributed by atoms with Crippen molar-refractivity contribution in [3.63, 3.8) is 0 Å². The molecule has 4 aromatic rings. The zero-order valence-corrected chi connectivity index (χ0v) is 26.6. The smallest absolute Gasteiger partial charge is 0.268 e. The molecule has 5 rings (SSSR count). The molecule has 0 radical (unpaired) electrons. The molecule has 1 fully saturated rings.